The first-order chi connectivity index (χ1) is 9.83. The van der Waals surface area contributed by atoms with Gasteiger partial charge in [0.2, 0.25) is 5.91 Å². The van der Waals surface area contributed by atoms with Crippen molar-refractivity contribution in [3.63, 3.8) is 0 Å². The summed E-state index contributed by atoms with van der Waals surface area (Å²) in [4.78, 5) is 16.1. The number of fused-ring (bicyclic) bond motifs is 1. The summed E-state index contributed by atoms with van der Waals surface area (Å²) in [5.41, 5.74) is 2.55. The van der Waals surface area contributed by atoms with E-state index in [4.69, 9.17) is 0 Å². The fourth-order valence-corrected chi connectivity index (χ4v) is 2.49. The number of rotatable bonds is 4. The lowest BCUT2D eigenvalue weighted by atomic mass is 9.95. The van der Waals surface area contributed by atoms with Crippen LogP contribution in [0, 0.1) is 0 Å². The molecule has 1 aromatic heterocycles. The van der Waals surface area contributed by atoms with Gasteiger partial charge in [-0.25, -0.2) is 4.98 Å². The lowest BCUT2D eigenvalue weighted by Crippen LogP contribution is -2.48. The zero-order valence-electron chi connectivity index (χ0n) is 11.2. The summed E-state index contributed by atoms with van der Waals surface area (Å²) in [7, 11) is 0. The summed E-state index contributed by atoms with van der Waals surface area (Å²) in [6, 6.07) is 8.13. The Balaban J connectivity index is 1.51. The van der Waals surface area contributed by atoms with Crippen molar-refractivity contribution in [2.75, 3.05) is 6.54 Å². The molecule has 2 aromatic rings. The van der Waals surface area contributed by atoms with Gasteiger partial charge < -0.3 is 15.2 Å². The van der Waals surface area contributed by atoms with Crippen molar-refractivity contribution in [3.8, 4) is 0 Å². The van der Waals surface area contributed by atoms with E-state index in [-0.39, 0.29) is 11.9 Å². The minimum Gasteiger partial charge on any atom is -0.353 e. The maximum atomic E-state index is 12.1. The van der Waals surface area contributed by atoms with Crippen LogP contribution in [0.5, 0.6) is 0 Å². The van der Waals surface area contributed by atoms with Crippen molar-refractivity contribution in [1.29, 1.82) is 0 Å². The normalized spacial score (nSPS) is 17.5. The van der Waals surface area contributed by atoms with Crippen LogP contribution in [-0.4, -0.2) is 28.0 Å². The Morgan fingerprint density at radius 3 is 3.05 bits per heavy atom. The lowest BCUT2D eigenvalue weighted by Gasteiger charge is -2.25. The average Bonchev–Trinajstić information content (AvgIpc) is 3.00. The lowest BCUT2D eigenvalue weighted by molar-refractivity contribution is -0.123. The van der Waals surface area contributed by atoms with Crippen molar-refractivity contribution in [1.82, 2.24) is 20.2 Å². The largest absolute Gasteiger partial charge is 0.353 e. The third kappa shape index (κ3) is 2.88. The number of nitrogens with one attached hydrogen (secondary N) is 2. The van der Waals surface area contributed by atoms with Crippen LogP contribution >= 0.6 is 0 Å². The molecule has 2 heterocycles. The molecule has 0 radical (unpaired) electrons. The topological polar surface area (TPSA) is 59.0 Å². The van der Waals surface area contributed by atoms with E-state index in [0.29, 0.717) is 6.54 Å². The van der Waals surface area contributed by atoms with Crippen molar-refractivity contribution >= 4 is 5.91 Å². The quantitative estimate of drug-likeness (QED) is 0.860. The van der Waals surface area contributed by atoms with Gasteiger partial charge in [0.25, 0.3) is 0 Å². The molecule has 1 aliphatic heterocycles. The Kier molecular flexibility index (Phi) is 3.78. The number of imidazole rings is 1. The maximum absolute atomic E-state index is 12.1. The molecule has 1 atom stereocenters. The second-order valence-electron chi connectivity index (χ2n) is 5.00. The molecule has 1 aromatic carbocycles. The van der Waals surface area contributed by atoms with E-state index in [1.807, 2.05) is 22.9 Å². The highest BCUT2D eigenvalue weighted by Crippen LogP contribution is 2.16. The Morgan fingerprint density at radius 1 is 1.40 bits per heavy atom. The summed E-state index contributed by atoms with van der Waals surface area (Å²) in [6.07, 6.45) is 6.14. The van der Waals surface area contributed by atoms with Gasteiger partial charge in [-0.05, 0) is 17.5 Å². The Labute approximate surface area is 118 Å². The van der Waals surface area contributed by atoms with Crippen LogP contribution < -0.4 is 10.6 Å². The van der Waals surface area contributed by atoms with Crippen LogP contribution in [0.15, 0.2) is 43.0 Å². The predicted octanol–water partition coefficient (Wildman–Crippen LogP) is 0.714. The number of nitrogens with zero attached hydrogens (tertiary/aromatic N) is 2. The van der Waals surface area contributed by atoms with Crippen molar-refractivity contribution in [2.45, 2.75) is 25.6 Å². The molecule has 0 fully saturated rings. The molecule has 1 aliphatic rings. The highest BCUT2D eigenvalue weighted by Gasteiger charge is 2.23. The molecule has 0 aliphatic carbocycles. The third-order valence-corrected chi connectivity index (χ3v) is 3.63. The number of amides is 1. The third-order valence-electron chi connectivity index (χ3n) is 3.63. The Bertz CT molecular complexity index is 579. The van der Waals surface area contributed by atoms with E-state index in [0.717, 1.165) is 19.5 Å². The highest BCUT2D eigenvalue weighted by molar-refractivity contribution is 5.82. The van der Waals surface area contributed by atoms with Gasteiger partial charge in [0.15, 0.2) is 0 Å². The molecular formula is C15H18N4O. The molecule has 0 unspecified atom stereocenters. The fraction of sp³-hybridized carbons (Fsp3) is 0.333. The smallest absolute Gasteiger partial charge is 0.237 e. The van der Waals surface area contributed by atoms with Gasteiger partial charge in [-0.1, -0.05) is 24.3 Å². The highest BCUT2D eigenvalue weighted by atomic mass is 16.2. The van der Waals surface area contributed by atoms with Crippen molar-refractivity contribution in [2.24, 2.45) is 0 Å². The number of hydrogen-bond donors (Lipinski definition) is 2. The summed E-state index contributed by atoms with van der Waals surface area (Å²) in [6.45, 7) is 2.12. The molecule has 5 nitrogen and oxygen atoms in total. The van der Waals surface area contributed by atoms with Gasteiger partial charge in [0.1, 0.15) is 0 Å². The molecule has 2 N–H and O–H groups in total. The predicted molar refractivity (Wildman–Crippen MR) is 76.0 cm³/mol. The van der Waals surface area contributed by atoms with Crippen molar-refractivity contribution < 1.29 is 4.79 Å². The summed E-state index contributed by atoms with van der Waals surface area (Å²) in [5.74, 6) is 0.0691. The number of carbonyl (C=O) groups excluding carboxylic acids is 1. The van der Waals surface area contributed by atoms with Gasteiger partial charge in [-0.3, -0.25) is 4.79 Å². The van der Waals surface area contributed by atoms with Gasteiger partial charge >= 0.3 is 0 Å². The van der Waals surface area contributed by atoms with Crippen LogP contribution in [0.1, 0.15) is 11.1 Å². The van der Waals surface area contributed by atoms with E-state index in [2.05, 4.69) is 27.8 Å². The van der Waals surface area contributed by atoms with Crippen LogP contribution in [0.3, 0.4) is 0 Å². The molecule has 5 heteroatoms. The van der Waals surface area contributed by atoms with Crippen molar-refractivity contribution in [3.05, 3.63) is 54.1 Å². The SMILES string of the molecule is O=C(NCCn1ccnc1)[C@@H]1Cc2ccccc2CN1. The molecule has 0 spiro atoms. The second-order valence-corrected chi connectivity index (χ2v) is 5.00. The monoisotopic (exact) mass is 270 g/mol. The number of carbonyl (C=O) groups is 1. The van der Waals surface area contributed by atoms with Gasteiger partial charge in [0.05, 0.1) is 12.4 Å². The average molecular weight is 270 g/mol. The number of benzene rings is 1. The number of aromatic nitrogens is 2. The Hall–Kier alpha value is -2.14. The first-order valence-corrected chi connectivity index (χ1v) is 6.86. The first-order valence-electron chi connectivity index (χ1n) is 6.86. The van der Waals surface area contributed by atoms with Gasteiger partial charge in [0, 0.05) is 32.0 Å². The van der Waals surface area contributed by atoms with Crippen LogP contribution in [0.25, 0.3) is 0 Å². The zero-order valence-corrected chi connectivity index (χ0v) is 11.2. The zero-order chi connectivity index (χ0) is 13.8. The molecule has 20 heavy (non-hydrogen) atoms. The summed E-state index contributed by atoms with van der Waals surface area (Å²) >= 11 is 0. The Morgan fingerprint density at radius 2 is 2.25 bits per heavy atom. The first kappa shape index (κ1) is 12.9. The molecule has 1 amide bonds. The molecule has 0 saturated carbocycles. The second kappa shape index (κ2) is 5.88. The van der Waals surface area contributed by atoms with E-state index < -0.39 is 0 Å². The number of hydrogen-bond acceptors (Lipinski definition) is 3. The van der Waals surface area contributed by atoms with Crippen LogP contribution in [-0.2, 0) is 24.3 Å². The van der Waals surface area contributed by atoms with Crippen LogP contribution in [0.4, 0.5) is 0 Å². The summed E-state index contributed by atoms with van der Waals surface area (Å²) in [5, 5.41) is 6.26. The standard InChI is InChI=1S/C15H18N4O/c20-15(17-6-8-19-7-5-16-11-19)14-9-12-3-1-2-4-13(12)10-18-14/h1-5,7,11,14,18H,6,8-10H2,(H,17,20)/t14-/m0/s1. The molecule has 104 valence electrons. The van der Waals surface area contributed by atoms with Gasteiger partial charge in [-0.2, -0.15) is 0 Å². The van der Waals surface area contributed by atoms with Crippen LogP contribution in [0.2, 0.25) is 0 Å². The van der Waals surface area contributed by atoms with E-state index >= 15 is 0 Å². The molecule has 3 rings (SSSR count). The minimum atomic E-state index is -0.132. The maximum Gasteiger partial charge on any atom is 0.237 e. The molecular weight excluding hydrogens is 252 g/mol. The fourth-order valence-electron chi connectivity index (χ4n) is 2.49. The van der Waals surface area contributed by atoms with E-state index in [1.165, 1.54) is 11.1 Å². The van der Waals surface area contributed by atoms with Gasteiger partial charge in [-0.15, -0.1) is 0 Å². The van der Waals surface area contributed by atoms with E-state index in [9.17, 15) is 4.79 Å². The summed E-state index contributed by atoms with van der Waals surface area (Å²) < 4.78 is 1.95. The van der Waals surface area contributed by atoms with E-state index in [1.54, 1.807) is 12.5 Å². The minimum absolute atomic E-state index is 0.0691. The molecule has 0 saturated heterocycles. The molecule has 0 bridgehead atoms.